The maximum atomic E-state index is 12.0. The van der Waals surface area contributed by atoms with Crippen molar-refractivity contribution in [2.45, 2.75) is 31.6 Å². The van der Waals surface area contributed by atoms with Crippen LogP contribution in [0.4, 0.5) is 0 Å². The second-order valence-electron chi connectivity index (χ2n) is 4.06. The highest BCUT2D eigenvalue weighted by Crippen LogP contribution is 2.16. The summed E-state index contributed by atoms with van der Waals surface area (Å²) in [5.41, 5.74) is 1.86. The summed E-state index contributed by atoms with van der Waals surface area (Å²) >= 11 is 3.32. The van der Waals surface area contributed by atoms with Crippen LogP contribution in [-0.4, -0.2) is 20.3 Å². The molecule has 0 aliphatic rings. The van der Waals surface area contributed by atoms with Crippen LogP contribution >= 0.6 is 15.9 Å². The van der Waals surface area contributed by atoms with Crippen molar-refractivity contribution in [1.82, 2.24) is 4.72 Å². The number of hydrogen-bond acceptors (Lipinski definition) is 2. The molecule has 0 heterocycles. The SMILES string of the molecule is Cc1ccc(S(=O)(=O)NCCCCBr)c(C)c1. The van der Waals surface area contributed by atoms with Crippen LogP contribution in [0.1, 0.15) is 24.0 Å². The Morgan fingerprint density at radius 3 is 2.53 bits per heavy atom. The lowest BCUT2D eigenvalue weighted by atomic mass is 10.2. The molecular formula is C12H18BrNO2S. The average Bonchev–Trinajstić information content (AvgIpc) is 2.24. The molecule has 0 bridgehead atoms. The first-order valence-corrected chi connectivity index (χ1v) is 8.21. The monoisotopic (exact) mass is 319 g/mol. The van der Waals surface area contributed by atoms with Gasteiger partial charge in [0, 0.05) is 11.9 Å². The molecule has 0 spiro atoms. The van der Waals surface area contributed by atoms with Crippen molar-refractivity contribution >= 4 is 26.0 Å². The molecule has 0 amide bonds. The topological polar surface area (TPSA) is 46.2 Å². The molecule has 1 N–H and O–H groups in total. The van der Waals surface area contributed by atoms with E-state index >= 15 is 0 Å². The van der Waals surface area contributed by atoms with Crippen LogP contribution in [0.5, 0.6) is 0 Å². The van der Waals surface area contributed by atoms with Gasteiger partial charge in [0.25, 0.3) is 0 Å². The fraction of sp³-hybridized carbons (Fsp3) is 0.500. The van der Waals surface area contributed by atoms with Crippen LogP contribution in [0.3, 0.4) is 0 Å². The molecule has 1 rings (SSSR count). The van der Waals surface area contributed by atoms with E-state index in [0.717, 1.165) is 29.3 Å². The van der Waals surface area contributed by atoms with Gasteiger partial charge in [-0.15, -0.1) is 0 Å². The van der Waals surface area contributed by atoms with E-state index < -0.39 is 10.0 Å². The van der Waals surface area contributed by atoms with Crippen LogP contribution in [-0.2, 0) is 10.0 Å². The number of sulfonamides is 1. The Morgan fingerprint density at radius 2 is 1.94 bits per heavy atom. The number of halogens is 1. The zero-order chi connectivity index (χ0) is 12.9. The third-order valence-electron chi connectivity index (χ3n) is 2.47. The van der Waals surface area contributed by atoms with Crippen LogP contribution in [0.15, 0.2) is 23.1 Å². The Balaban J connectivity index is 2.76. The number of hydrogen-bond donors (Lipinski definition) is 1. The van der Waals surface area contributed by atoms with Crippen molar-refractivity contribution in [3.05, 3.63) is 29.3 Å². The summed E-state index contributed by atoms with van der Waals surface area (Å²) in [6.07, 6.45) is 1.81. The summed E-state index contributed by atoms with van der Waals surface area (Å²) in [7, 11) is -3.35. The molecular weight excluding hydrogens is 302 g/mol. The number of rotatable bonds is 6. The summed E-state index contributed by atoms with van der Waals surface area (Å²) in [5.74, 6) is 0. The van der Waals surface area contributed by atoms with E-state index in [0.29, 0.717) is 11.4 Å². The number of benzene rings is 1. The van der Waals surface area contributed by atoms with E-state index in [1.807, 2.05) is 26.0 Å². The highest BCUT2D eigenvalue weighted by molar-refractivity contribution is 9.09. The van der Waals surface area contributed by atoms with Gasteiger partial charge in [-0.2, -0.15) is 0 Å². The normalized spacial score (nSPS) is 11.7. The fourth-order valence-corrected chi connectivity index (χ4v) is 3.30. The van der Waals surface area contributed by atoms with Crippen molar-refractivity contribution in [2.75, 3.05) is 11.9 Å². The van der Waals surface area contributed by atoms with E-state index in [1.54, 1.807) is 6.07 Å². The molecule has 96 valence electrons. The Hall–Kier alpha value is -0.390. The van der Waals surface area contributed by atoms with Crippen LogP contribution in [0.2, 0.25) is 0 Å². The summed E-state index contributed by atoms with van der Waals surface area (Å²) in [5, 5.41) is 0.901. The highest BCUT2D eigenvalue weighted by atomic mass is 79.9. The van der Waals surface area contributed by atoms with Crippen LogP contribution in [0, 0.1) is 13.8 Å². The zero-order valence-electron chi connectivity index (χ0n) is 10.2. The van der Waals surface area contributed by atoms with E-state index in [9.17, 15) is 8.42 Å². The van der Waals surface area contributed by atoms with Crippen LogP contribution in [0.25, 0.3) is 0 Å². The van der Waals surface area contributed by atoms with Gasteiger partial charge >= 0.3 is 0 Å². The third-order valence-corrected chi connectivity index (χ3v) is 4.65. The van der Waals surface area contributed by atoms with Crippen molar-refractivity contribution in [3.63, 3.8) is 0 Å². The van der Waals surface area contributed by atoms with Gasteiger partial charge in [0.15, 0.2) is 0 Å². The first-order valence-electron chi connectivity index (χ1n) is 5.60. The lowest BCUT2D eigenvalue weighted by molar-refractivity contribution is 0.578. The predicted octanol–water partition coefficient (Wildman–Crippen LogP) is 2.76. The minimum Gasteiger partial charge on any atom is -0.211 e. The Kier molecular flexibility index (Phi) is 5.62. The summed E-state index contributed by atoms with van der Waals surface area (Å²) in [4.78, 5) is 0.377. The quantitative estimate of drug-likeness (QED) is 0.647. The zero-order valence-corrected chi connectivity index (χ0v) is 12.6. The Bertz CT molecular complexity index is 471. The molecule has 0 unspecified atom stereocenters. The molecule has 0 aromatic heterocycles. The summed E-state index contributed by atoms with van der Waals surface area (Å²) < 4.78 is 26.6. The van der Waals surface area contributed by atoms with Gasteiger partial charge in [-0.05, 0) is 38.3 Å². The van der Waals surface area contributed by atoms with E-state index in [-0.39, 0.29) is 0 Å². The molecule has 0 saturated heterocycles. The lowest BCUT2D eigenvalue weighted by Crippen LogP contribution is -2.25. The molecule has 1 aromatic rings. The standard InChI is InChI=1S/C12H18BrNO2S/c1-10-5-6-12(11(2)9-10)17(15,16)14-8-4-3-7-13/h5-6,9,14H,3-4,7-8H2,1-2H3. The second kappa shape index (κ2) is 6.52. The van der Waals surface area contributed by atoms with Gasteiger partial charge in [0.1, 0.15) is 0 Å². The molecule has 3 nitrogen and oxygen atoms in total. The van der Waals surface area contributed by atoms with Gasteiger partial charge in [0.2, 0.25) is 10.0 Å². The largest absolute Gasteiger partial charge is 0.240 e. The minimum atomic E-state index is -3.35. The van der Waals surface area contributed by atoms with Crippen molar-refractivity contribution < 1.29 is 8.42 Å². The van der Waals surface area contributed by atoms with Crippen molar-refractivity contribution in [1.29, 1.82) is 0 Å². The maximum absolute atomic E-state index is 12.0. The third kappa shape index (κ3) is 4.41. The van der Waals surface area contributed by atoms with Crippen LogP contribution < -0.4 is 4.72 Å². The van der Waals surface area contributed by atoms with E-state index in [2.05, 4.69) is 20.7 Å². The first kappa shape index (κ1) is 14.7. The summed E-state index contributed by atoms with van der Waals surface area (Å²) in [6.45, 7) is 4.26. The van der Waals surface area contributed by atoms with Gasteiger partial charge in [-0.1, -0.05) is 33.6 Å². The molecule has 0 fully saturated rings. The highest BCUT2D eigenvalue weighted by Gasteiger charge is 2.15. The number of nitrogens with one attached hydrogen (secondary N) is 1. The van der Waals surface area contributed by atoms with Gasteiger partial charge in [-0.25, -0.2) is 13.1 Å². The predicted molar refractivity (Wildman–Crippen MR) is 74.1 cm³/mol. The molecule has 5 heteroatoms. The first-order chi connectivity index (χ1) is 7.97. The molecule has 1 aromatic carbocycles. The number of unbranched alkanes of at least 4 members (excludes halogenated alkanes) is 1. The lowest BCUT2D eigenvalue weighted by Gasteiger charge is -2.09. The smallest absolute Gasteiger partial charge is 0.211 e. The van der Waals surface area contributed by atoms with E-state index in [1.165, 1.54) is 0 Å². The van der Waals surface area contributed by atoms with Crippen molar-refractivity contribution in [3.8, 4) is 0 Å². The second-order valence-corrected chi connectivity index (χ2v) is 6.59. The molecule has 0 aliphatic heterocycles. The molecule has 0 radical (unpaired) electrons. The summed E-state index contributed by atoms with van der Waals surface area (Å²) in [6, 6.07) is 5.37. The molecule has 0 atom stereocenters. The number of aryl methyl sites for hydroxylation is 2. The Labute approximate surface area is 112 Å². The maximum Gasteiger partial charge on any atom is 0.240 e. The molecule has 0 aliphatic carbocycles. The molecule has 17 heavy (non-hydrogen) atoms. The average molecular weight is 320 g/mol. The van der Waals surface area contributed by atoms with Crippen molar-refractivity contribution in [2.24, 2.45) is 0 Å². The minimum absolute atomic E-state index is 0.377. The fourth-order valence-electron chi connectivity index (χ4n) is 1.60. The number of alkyl halides is 1. The van der Waals surface area contributed by atoms with E-state index in [4.69, 9.17) is 0 Å². The molecule has 0 saturated carbocycles. The van der Waals surface area contributed by atoms with Gasteiger partial charge < -0.3 is 0 Å². The van der Waals surface area contributed by atoms with Gasteiger partial charge in [0.05, 0.1) is 4.90 Å². The van der Waals surface area contributed by atoms with Gasteiger partial charge in [-0.3, -0.25) is 0 Å². The Morgan fingerprint density at radius 1 is 1.24 bits per heavy atom.